The van der Waals surface area contributed by atoms with E-state index < -0.39 is 5.91 Å². The quantitative estimate of drug-likeness (QED) is 0.623. The van der Waals surface area contributed by atoms with Gasteiger partial charge in [-0.2, -0.15) is 0 Å². The molecule has 1 amide bonds. The monoisotopic (exact) mass is 329 g/mol. The molecule has 0 aliphatic heterocycles. The number of nitrogens with two attached hydrogens (primary N) is 1. The molecule has 0 saturated carbocycles. The fraction of sp³-hybridized carbons (Fsp3) is 0.250. The zero-order valence-corrected chi connectivity index (χ0v) is 14.0. The number of thioether (sulfide) groups is 1. The third-order valence-corrected chi connectivity index (χ3v) is 4.07. The Hall–Kier alpha value is -2.41. The number of carbonyl (C=O) groups is 1. The molecule has 23 heavy (non-hydrogen) atoms. The number of hydrogen-bond donors (Lipinski definition) is 1. The average molecular weight is 329 g/mol. The van der Waals surface area contributed by atoms with Gasteiger partial charge in [0.1, 0.15) is 6.54 Å². The van der Waals surface area contributed by atoms with Crippen molar-refractivity contribution in [1.29, 1.82) is 0 Å². The average Bonchev–Trinajstić information content (AvgIpc) is 2.93. The first-order valence-electron chi connectivity index (χ1n) is 7.18. The van der Waals surface area contributed by atoms with Crippen molar-refractivity contribution in [2.75, 3.05) is 0 Å². The van der Waals surface area contributed by atoms with E-state index in [1.54, 1.807) is 17.0 Å². The summed E-state index contributed by atoms with van der Waals surface area (Å²) in [6, 6.07) is 3.88. The van der Waals surface area contributed by atoms with Crippen molar-refractivity contribution >= 4 is 23.2 Å². The molecular weight excluding hydrogens is 310 g/mol. The van der Waals surface area contributed by atoms with E-state index >= 15 is 0 Å². The molecule has 2 aromatic heterocycles. The van der Waals surface area contributed by atoms with Crippen molar-refractivity contribution in [3.05, 3.63) is 54.1 Å². The predicted molar refractivity (Wildman–Crippen MR) is 91.5 cm³/mol. The number of nitrogens with zero attached hydrogens (tertiary/aromatic N) is 4. The number of pyridine rings is 1. The highest BCUT2D eigenvalue weighted by atomic mass is 32.2. The molecule has 2 rings (SSSR count). The lowest BCUT2D eigenvalue weighted by Gasteiger charge is -2.08. The van der Waals surface area contributed by atoms with Gasteiger partial charge >= 0.3 is 0 Å². The summed E-state index contributed by atoms with van der Waals surface area (Å²) in [4.78, 5) is 15.5. The summed E-state index contributed by atoms with van der Waals surface area (Å²) in [6.45, 7) is 3.89. The molecule has 0 aliphatic carbocycles. The molecule has 0 radical (unpaired) electrons. The van der Waals surface area contributed by atoms with Crippen LogP contribution in [0.1, 0.15) is 25.2 Å². The van der Waals surface area contributed by atoms with Gasteiger partial charge in [-0.25, -0.2) is 0 Å². The molecule has 7 heteroatoms. The van der Waals surface area contributed by atoms with Crippen molar-refractivity contribution < 1.29 is 4.79 Å². The molecule has 0 saturated heterocycles. The van der Waals surface area contributed by atoms with Crippen LogP contribution in [0.4, 0.5) is 0 Å². The zero-order valence-electron chi connectivity index (χ0n) is 13.1. The third kappa shape index (κ3) is 4.53. The Morgan fingerprint density at radius 3 is 2.83 bits per heavy atom. The second-order valence-corrected chi connectivity index (χ2v) is 5.70. The Morgan fingerprint density at radius 1 is 1.39 bits per heavy atom. The lowest BCUT2D eigenvalue weighted by molar-refractivity contribution is -0.118. The van der Waals surface area contributed by atoms with Crippen LogP contribution in [-0.4, -0.2) is 25.7 Å². The summed E-state index contributed by atoms with van der Waals surface area (Å²) in [6.07, 6.45) is 9.31. The molecular formula is C16H19N5OS. The third-order valence-electron chi connectivity index (χ3n) is 3.04. The minimum Gasteiger partial charge on any atom is -0.368 e. The highest BCUT2D eigenvalue weighted by Crippen LogP contribution is 2.24. The Morgan fingerprint density at radius 2 is 2.22 bits per heavy atom. The Balaban J connectivity index is 2.28. The van der Waals surface area contributed by atoms with E-state index in [-0.39, 0.29) is 6.54 Å². The van der Waals surface area contributed by atoms with Gasteiger partial charge in [0, 0.05) is 23.7 Å². The van der Waals surface area contributed by atoms with E-state index in [9.17, 15) is 4.79 Å². The minimum absolute atomic E-state index is 0.0482. The first-order chi connectivity index (χ1) is 11.2. The second kappa shape index (κ2) is 8.28. The van der Waals surface area contributed by atoms with Gasteiger partial charge in [-0.05, 0) is 25.5 Å². The molecule has 120 valence electrons. The summed E-state index contributed by atoms with van der Waals surface area (Å²) >= 11 is 1.50. The van der Waals surface area contributed by atoms with E-state index in [4.69, 9.17) is 5.73 Å². The molecule has 2 heterocycles. The largest absolute Gasteiger partial charge is 0.368 e. The molecule has 2 aromatic rings. The normalized spacial score (nSPS) is 12.0. The van der Waals surface area contributed by atoms with Crippen LogP contribution >= 0.6 is 11.8 Å². The van der Waals surface area contributed by atoms with Crippen molar-refractivity contribution in [3.63, 3.8) is 0 Å². The summed E-state index contributed by atoms with van der Waals surface area (Å²) < 4.78 is 1.75. The lowest BCUT2D eigenvalue weighted by Crippen LogP contribution is -2.20. The number of carbonyl (C=O) groups excluding carboxylic acids is 1. The van der Waals surface area contributed by atoms with Gasteiger partial charge in [-0.3, -0.25) is 14.3 Å². The summed E-state index contributed by atoms with van der Waals surface area (Å²) in [7, 11) is 0. The molecule has 0 bridgehead atoms. The molecule has 6 nitrogen and oxygen atoms in total. The van der Waals surface area contributed by atoms with Crippen LogP contribution in [0.3, 0.4) is 0 Å². The molecule has 0 aliphatic rings. The van der Waals surface area contributed by atoms with Crippen LogP contribution in [0.2, 0.25) is 0 Å². The number of rotatable bonds is 7. The van der Waals surface area contributed by atoms with Crippen molar-refractivity contribution in [2.45, 2.75) is 31.3 Å². The Kier molecular flexibility index (Phi) is 6.10. The number of primary amides is 1. The maximum atomic E-state index is 11.4. The van der Waals surface area contributed by atoms with Crippen LogP contribution in [0, 0.1) is 0 Å². The topological polar surface area (TPSA) is 86.7 Å². The number of allylic oxidation sites excluding steroid dienone is 4. The molecule has 2 N–H and O–H groups in total. The number of aromatic nitrogens is 4. The van der Waals surface area contributed by atoms with Gasteiger partial charge in [-0.1, -0.05) is 36.1 Å². The van der Waals surface area contributed by atoms with Crippen LogP contribution in [0.5, 0.6) is 0 Å². The highest BCUT2D eigenvalue weighted by molar-refractivity contribution is 7.98. The van der Waals surface area contributed by atoms with Crippen molar-refractivity contribution in [3.8, 4) is 0 Å². The number of amides is 1. The van der Waals surface area contributed by atoms with E-state index in [0.29, 0.717) is 16.7 Å². The smallest absolute Gasteiger partial charge is 0.237 e. The number of hydrogen-bond acceptors (Lipinski definition) is 5. The molecule has 0 atom stereocenters. The van der Waals surface area contributed by atoms with E-state index in [1.807, 2.05) is 44.2 Å². The summed E-state index contributed by atoms with van der Waals surface area (Å²) in [5, 5.41) is 9.09. The van der Waals surface area contributed by atoms with Crippen LogP contribution in [0.25, 0.3) is 5.57 Å². The van der Waals surface area contributed by atoms with E-state index in [0.717, 1.165) is 11.1 Å². The van der Waals surface area contributed by atoms with Gasteiger partial charge in [-0.15, -0.1) is 10.2 Å². The first-order valence-corrected chi connectivity index (χ1v) is 8.16. The van der Waals surface area contributed by atoms with Gasteiger partial charge in [0.15, 0.2) is 11.0 Å². The SMILES string of the molecule is C/C=C\C(=C/C)c1nnc(SCc2cccnc2)n1CC(N)=O. The standard InChI is InChI=1S/C16H19N5OS/c1-3-6-13(4-2)15-19-20-16(21(15)10-14(17)22)23-11-12-7-5-8-18-9-12/h3-9H,10-11H2,1-2H3,(H2,17,22)/b6-3-,13-4+. The molecule has 0 fully saturated rings. The zero-order chi connectivity index (χ0) is 16.7. The molecule has 0 aromatic carbocycles. The second-order valence-electron chi connectivity index (χ2n) is 4.75. The predicted octanol–water partition coefficient (Wildman–Crippen LogP) is 2.43. The summed E-state index contributed by atoms with van der Waals surface area (Å²) in [5.41, 5.74) is 7.35. The van der Waals surface area contributed by atoms with Gasteiger partial charge in [0.25, 0.3) is 0 Å². The van der Waals surface area contributed by atoms with Crippen molar-refractivity contribution in [1.82, 2.24) is 19.7 Å². The highest BCUT2D eigenvalue weighted by Gasteiger charge is 2.16. The van der Waals surface area contributed by atoms with Crippen LogP contribution < -0.4 is 5.73 Å². The van der Waals surface area contributed by atoms with Crippen molar-refractivity contribution in [2.24, 2.45) is 5.73 Å². The van der Waals surface area contributed by atoms with Gasteiger partial charge in [0.05, 0.1) is 0 Å². The molecule has 0 spiro atoms. The van der Waals surface area contributed by atoms with E-state index in [1.165, 1.54) is 11.8 Å². The van der Waals surface area contributed by atoms with Crippen LogP contribution in [-0.2, 0) is 17.1 Å². The minimum atomic E-state index is -0.426. The van der Waals surface area contributed by atoms with Crippen LogP contribution in [0.15, 0.2) is 47.9 Å². The first kappa shape index (κ1) is 17.0. The Bertz CT molecular complexity index is 721. The molecule has 0 unspecified atom stereocenters. The maximum absolute atomic E-state index is 11.4. The fourth-order valence-corrected chi connectivity index (χ4v) is 2.89. The van der Waals surface area contributed by atoms with Gasteiger partial charge < -0.3 is 5.73 Å². The van der Waals surface area contributed by atoms with E-state index in [2.05, 4.69) is 15.2 Å². The fourth-order valence-electron chi connectivity index (χ4n) is 2.02. The summed E-state index contributed by atoms with van der Waals surface area (Å²) in [5.74, 6) is 0.905. The maximum Gasteiger partial charge on any atom is 0.237 e. The Labute approximate surface area is 139 Å². The lowest BCUT2D eigenvalue weighted by atomic mass is 10.2. The van der Waals surface area contributed by atoms with Gasteiger partial charge in [0.2, 0.25) is 5.91 Å².